The van der Waals surface area contributed by atoms with Crippen molar-refractivity contribution in [2.75, 3.05) is 14.2 Å². The van der Waals surface area contributed by atoms with Crippen LogP contribution in [0.2, 0.25) is 5.02 Å². The highest BCUT2D eigenvalue weighted by molar-refractivity contribution is 7.94. The predicted octanol–water partition coefficient (Wildman–Crippen LogP) is 1.38. The normalized spacial score (nSPS) is 13.6. The second kappa shape index (κ2) is 16.6. The molecule has 0 fully saturated rings. The van der Waals surface area contributed by atoms with Crippen LogP contribution in [0.1, 0.15) is 0 Å². The van der Waals surface area contributed by atoms with Crippen LogP contribution in [0.4, 0.5) is 17.1 Å². The fourth-order valence-electron chi connectivity index (χ4n) is 5.37. The Balaban J connectivity index is 1.87. The molecule has 0 radical (unpaired) electrons. The van der Waals surface area contributed by atoms with Gasteiger partial charge in [0, 0.05) is 15.8 Å². The highest BCUT2D eigenvalue weighted by Crippen LogP contribution is 2.39. The van der Waals surface area contributed by atoms with Crippen LogP contribution in [0.5, 0.6) is 0 Å². The van der Waals surface area contributed by atoms with E-state index in [4.69, 9.17) is 11.6 Å². The van der Waals surface area contributed by atoms with E-state index in [1.54, 1.807) is 14.2 Å². The van der Waals surface area contributed by atoms with Gasteiger partial charge in [-0.3, -0.25) is 41.5 Å². The summed E-state index contributed by atoms with van der Waals surface area (Å²) in [5, 5.41) is -2.85. The van der Waals surface area contributed by atoms with E-state index >= 15 is 0 Å². The number of sulfonamides is 3. The Hall–Kier alpha value is -4.64. The highest BCUT2D eigenvalue weighted by Gasteiger charge is 2.31. The molecule has 0 aromatic heterocycles. The summed E-state index contributed by atoms with van der Waals surface area (Å²) in [5.74, 6) is 0. The lowest BCUT2D eigenvalue weighted by Gasteiger charge is -2.18. The van der Waals surface area contributed by atoms with Gasteiger partial charge in [-0.05, 0) is 78.9 Å². The zero-order valence-electron chi connectivity index (χ0n) is 30.6. The van der Waals surface area contributed by atoms with Crippen molar-refractivity contribution in [1.82, 2.24) is 0 Å². The lowest BCUT2D eigenvalue weighted by Crippen LogP contribution is -2.19. The zero-order chi connectivity index (χ0) is 49.5. The van der Waals surface area contributed by atoms with Crippen LogP contribution < -0.4 is 14.2 Å². The molecule has 0 aliphatic heterocycles. The van der Waals surface area contributed by atoms with Crippen LogP contribution in [0.25, 0.3) is 10.8 Å². The van der Waals surface area contributed by atoms with Crippen molar-refractivity contribution >= 4 is 130 Å². The zero-order valence-corrected chi connectivity index (χ0v) is 38.7. The standard InChI is InChI=1S/C28H22ClN3O24S9/c29-25-1-2-26(58(35,36)31-15-5-20(62(45,46)47)10-21(6-15)63(48,49)50)24-12-17(57(33,34)30-14-3-18(60(39,40)41)9-19(4-14)61(42,43)44)13-27(28(24)25)59(37,38)32-16-7-22(64(51,52)53)11-23(8-16)65(54,55)56/h1-13,30-32H,(H,39,40,41)(H,42,43,44)(H,45,46,47)(H,48,49,50)(H,51,52,53)(H,54,55,56). The Kier molecular flexibility index (Phi) is 13.1. The number of rotatable bonds is 15. The predicted molar refractivity (Wildman–Crippen MR) is 220 cm³/mol. The lowest BCUT2D eigenvalue weighted by molar-refractivity contribution is 0.476. The van der Waals surface area contributed by atoms with E-state index in [0.717, 1.165) is 0 Å². The van der Waals surface area contributed by atoms with Crippen molar-refractivity contribution in [3.8, 4) is 0 Å². The van der Waals surface area contributed by atoms with E-state index in [9.17, 15) is 103 Å². The Bertz CT molecular complexity index is 3810. The topological polar surface area (TPSA) is 465 Å². The molecule has 0 spiro atoms. The molecular formula is C28H22ClN3O24S9. The third-order valence-corrected chi connectivity index (χ3v) is 17.5. The van der Waals surface area contributed by atoms with Gasteiger partial charge in [-0.1, -0.05) is 11.6 Å². The Morgan fingerprint density at radius 2 is 0.600 bits per heavy atom. The Morgan fingerprint density at radius 1 is 0.323 bits per heavy atom. The van der Waals surface area contributed by atoms with Gasteiger partial charge in [-0.2, -0.15) is 50.5 Å². The molecule has 5 aromatic carbocycles. The minimum Gasteiger partial charge on any atom is -0.282 e. The molecular weight excluding hydrogens is 1090 g/mol. The number of fused-ring (bicyclic) bond motifs is 1. The second-order valence-corrected chi connectivity index (χ2v) is 26.6. The number of hydrogen-bond acceptors (Lipinski definition) is 18. The molecule has 0 saturated carbocycles. The van der Waals surface area contributed by atoms with Crippen LogP contribution in [-0.2, 0) is 90.8 Å². The average Bonchev–Trinajstić information content (AvgIpc) is 3.11. The van der Waals surface area contributed by atoms with Gasteiger partial charge in [0.25, 0.3) is 90.8 Å². The number of nitrogens with one attached hydrogen (secondary N) is 3. The molecule has 5 rings (SSSR count). The molecule has 0 aliphatic carbocycles. The summed E-state index contributed by atoms with van der Waals surface area (Å²) < 4.78 is 290. The molecule has 9 N–H and O–H groups in total. The van der Waals surface area contributed by atoms with Gasteiger partial charge in [0.2, 0.25) is 0 Å². The van der Waals surface area contributed by atoms with E-state index in [1.165, 1.54) is 0 Å². The van der Waals surface area contributed by atoms with Crippen molar-refractivity contribution in [3.63, 3.8) is 0 Å². The Morgan fingerprint density at radius 3 is 0.892 bits per heavy atom. The Labute approximate surface area is 372 Å². The maximum absolute atomic E-state index is 14.2. The van der Waals surface area contributed by atoms with Gasteiger partial charge in [-0.15, -0.1) is 0 Å². The van der Waals surface area contributed by atoms with Crippen molar-refractivity contribution in [1.29, 1.82) is 0 Å². The molecule has 0 heterocycles. The minimum absolute atomic E-state index is 0.173. The number of hydrogen-bond donors (Lipinski definition) is 9. The molecule has 0 bridgehead atoms. The van der Waals surface area contributed by atoms with Gasteiger partial charge in [-0.25, -0.2) is 25.3 Å². The number of benzene rings is 5. The van der Waals surface area contributed by atoms with E-state index in [1.807, 2.05) is 0 Å². The molecule has 0 unspecified atom stereocenters. The first kappa shape index (κ1) is 51.3. The van der Waals surface area contributed by atoms with Gasteiger partial charge >= 0.3 is 0 Å². The third kappa shape index (κ3) is 11.7. The smallest absolute Gasteiger partial charge is 0.282 e. The van der Waals surface area contributed by atoms with E-state index in [2.05, 4.69) is 0 Å². The van der Waals surface area contributed by atoms with Crippen molar-refractivity contribution < 1.29 is 103 Å². The molecule has 27 nitrogen and oxygen atoms in total. The summed E-state index contributed by atoms with van der Waals surface area (Å²) in [6, 6.07) is 4.08. The van der Waals surface area contributed by atoms with E-state index in [-0.39, 0.29) is 48.5 Å². The molecule has 65 heavy (non-hydrogen) atoms. The first-order valence-electron chi connectivity index (χ1n) is 15.7. The fourth-order valence-corrected chi connectivity index (χ4v) is 12.9. The minimum atomic E-state index is -5.67. The third-order valence-electron chi connectivity index (χ3n) is 8.03. The monoisotopic (exact) mass is 1110 g/mol. The molecule has 0 aliphatic rings. The molecule has 0 atom stereocenters. The molecule has 354 valence electrons. The van der Waals surface area contributed by atoms with Crippen LogP contribution in [0, 0.1) is 0 Å². The van der Waals surface area contributed by atoms with Gasteiger partial charge < -0.3 is 0 Å². The number of anilines is 3. The summed E-state index contributed by atoms with van der Waals surface area (Å²) in [7, 11) is -49.1. The van der Waals surface area contributed by atoms with Gasteiger partial charge in [0.15, 0.2) is 0 Å². The van der Waals surface area contributed by atoms with Crippen LogP contribution >= 0.6 is 11.6 Å². The van der Waals surface area contributed by atoms with Crippen molar-refractivity contribution in [3.05, 3.63) is 83.9 Å². The van der Waals surface area contributed by atoms with Crippen LogP contribution in [0.15, 0.2) is 123 Å². The highest BCUT2D eigenvalue weighted by atomic mass is 35.5. The van der Waals surface area contributed by atoms with Crippen molar-refractivity contribution in [2.45, 2.75) is 44.1 Å². The van der Waals surface area contributed by atoms with Crippen molar-refractivity contribution in [2.24, 2.45) is 0 Å². The summed E-state index contributed by atoms with van der Waals surface area (Å²) >= 11 is 6.33. The maximum atomic E-state index is 14.2. The summed E-state index contributed by atoms with van der Waals surface area (Å²) in [6.07, 6.45) is 0. The lowest BCUT2D eigenvalue weighted by atomic mass is 10.1. The van der Waals surface area contributed by atoms with E-state index in [0.29, 0.717) is 30.3 Å². The number of halogens is 1. The van der Waals surface area contributed by atoms with E-state index < -0.39 is 168 Å². The first-order chi connectivity index (χ1) is 29.1. The summed E-state index contributed by atoms with van der Waals surface area (Å²) in [4.78, 5) is -12.1. The van der Waals surface area contributed by atoms with Gasteiger partial charge in [0.05, 0.1) is 61.1 Å². The largest absolute Gasteiger partial charge is 0.294 e. The van der Waals surface area contributed by atoms with Crippen LogP contribution in [0.3, 0.4) is 0 Å². The molecule has 0 saturated heterocycles. The van der Waals surface area contributed by atoms with Crippen LogP contribution in [-0.4, -0.2) is 103 Å². The molecule has 37 heteroatoms. The summed E-state index contributed by atoms with van der Waals surface area (Å²) in [5.41, 5.74) is -3.29. The molecule has 5 aromatic rings. The SMILES string of the molecule is O=S(=O)(O)c1cc(NS(=O)(=O)c2cc(S(=O)(=O)Nc3cc(S(=O)(=O)O)cc(S(=O)(=O)O)c3)c3c(Cl)ccc(S(=O)(=O)Nc4cc(S(=O)(=O)O)cc(S(=O)(=O)O)c4)c3c2)cc(S(=O)(=O)O)c1. The quantitative estimate of drug-likeness (QED) is 0.0669. The summed E-state index contributed by atoms with van der Waals surface area (Å²) in [6.45, 7) is 0. The maximum Gasteiger partial charge on any atom is 0.294 e. The first-order valence-corrected chi connectivity index (χ1v) is 29.2. The average molecular weight is 1110 g/mol. The van der Waals surface area contributed by atoms with Gasteiger partial charge in [0.1, 0.15) is 0 Å². The molecule has 0 amide bonds. The fraction of sp³-hybridized carbons (Fsp3) is 0. The second-order valence-electron chi connectivity index (χ2n) is 12.6.